The van der Waals surface area contributed by atoms with Crippen molar-refractivity contribution in [3.05, 3.63) is 84.4 Å². The molecule has 3 aromatic carbocycles. The van der Waals surface area contributed by atoms with Crippen molar-refractivity contribution in [3.8, 4) is 5.75 Å². The molecule has 1 unspecified atom stereocenters. The molecule has 0 radical (unpaired) electrons. The third kappa shape index (κ3) is 5.66. The van der Waals surface area contributed by atoms with Crippen molar-refractivity contribution in [3.63, 3.8) is 0 Å². The first kappa shape index (κ1) is 21.9. The quantitative estimate of drug-likeness (QED) is 0.532. The summed E-state index contributed by atoms with van der Waals surface area (Å²) in [5.74, 6) is 0.381. The largest absolute Gasteiger partial charge is 0.491 e. The Labute approximate surface area is 187 Å². The van der Waals surface area contributed by atoms with Crippen LogP contribution in [0.2, 0.25) is 0 Å². The van der Waals surface area contributed by atoms with Crippen molar-refractivity contribution in [1.82, 2.24) is 0 Å². The summed E-state index contributed by atoms with van der Waals surface area (Å²) in [6.45, 7) is 1.28. The van der Waals surface area contributed by atoms with Crippen LogP contribution in [0, 0.1) is 0 Å². The van der Waals surface area contributed by atoms with Crippen molar-refractivity contribution in [2.24, 2.45) is 0 Å². The number of anilines is 2. The van der Waals surface area contributed by atoms with E-state index in [2.05, 4.69) is 10.0 Å². The predicted molar refractivity (Wildman–Crippen MR) is 123 cm³/mol. The molecule has 1 aliphatic rings. The number of benzene rings is 3. The lowest BCUT2D eigenvalue weighted by atomic mass is 10.2. The van der Waals surface area contributed by atoms with Crippen LogP contribution in [0.1, 0.15) is 23.2 Å². The molecule has 0 spiro atoms. The molecule has 1 aliphatic heterocycles. The summed E-state index contributed by atoms with van der Waals surface area (Å²) < 4.78 is 38.8. The second-order valence-corrected chi connectivity index (χ2v) is 9.10. The van der Waals surface area contributed by atoms with E-state index < -0.39 is 10.0 Å². The van der Waals surface area contributed by atoms with Gasteiger partial charge in [-0.1, -0.05) is 18.2 Å². The summed E-state index contributed by atoms with van der Waals surface area (Å²) in [7, 11) is -3.71. The second-order valence-electron chi connectivity index (χ2n) is 7.42. The Kier molecular flexibility index (Phi) is 6.72. The highest BCUT2D eigenvalue weighted by atomic mass is 32.2. The maximum Gasteiger partial charge on any atom is 0.261 e. The smallest absolute Gasteiger partial charge is 0.261 e. The van der Waals surface area contributed by atoms with Gasteiger partial charge in [0.2, 0.25) is 0 Å². The van der Waals surface area contributed by atoms with E-state index in [4.69, 9.17) is 9.47 Å². The first-order valence-corrected chi connectivity index (χ1v) is 11.8. The molecule has 7 nitrogen and oxygen atoms in total. The molecule has 166 valence electrons. The zero-order chi connectivity index (χ0) is 22.4. The summed E-state index contributed by atoms with van der Waals surface area (Å²) in [5, 5.41) is 2.77. The highest BCUT2D eigenvalue weighted by Crippen LogP contribution is 2.20. The van der Waals surface area contributed by atoms with Gasteiger partial charge >= 0.3 is 0 Å². The van der Waals surface area contributed by atoms with Gasteiger partial charge in [0.1, 0.15) is 12.4 Å². The number of hydrogen-bond donors (Lipinski definition) is 2. The lowest BCUT2D eigenvalue weighted by molar-refractivity contribution is 0.0679. The second kappa shape index (κ2) is 9.84. The molecule has 0 saturated carbocycles. The van der Waals surface area contributed by atoms with Gasteiger partial charge < -0.3 is 14.8 Å². The van der Waals surface area contributed by atoms with E-state index in [0.29, 0.717) is 29.3 Å². The van der Waals surface area contributed by atoms with Crippen molar-refractivity contribution in [2.75, 3.05) is 23.3 Å². The SMILES string of the molecule is O=C(Nc1ccc(S(=O)(=O)Nc2ccccc2)cc1)c1ccc(OCC2CCCO2)cc1. The third-order valence-corrected chi connectivity index (χ3v) is 6.42. The van der Waals surface area contributed by atoms with Crippen LogP contribution in [0.4, 0.5) is 11.4 Å². The Morgan fingerprint density at radius 1 is 0.938 bits per heavy atom. The average molecular weight is 453 g/mol. The summed E-state index contributed by atoms with van der Waals surface area (Å²) in [6, 6.07) is 21.5. The number of carbonyl (C=O) groups excluding carboxylic acids is 1. The van der Waals surface area contributed by atoms with Crippen LogP contribution in [0.25, 0.3) is 0 Å². The molecule has 1 heterocycles. The number of hydrogen-bond acceptors (Lipinski definition) is 5. The Morgan fingerprint density at radius 2 is 1.66 bits per heavy atom. The van der Waals surface area contributed by atoms with E-state index in [-0.39, 0.29) is 16.9 Å². The van der Waals surface area contributed by atoms with Gasteiger partial charge in [-0.2, -0.15) is 0 Å². The molecule has 0 bridgehead atoms. The molecule has 0 aliphatic carbocycles. The van der Waals surface area contributed by atoms with Crippen molar-refractivity contribution >= 4 is 27.3 Å². The lowest BCUT2D eigenvalue weighted by Gasteiger charge is -2.12. The molecule has 1 atom stereocenters. The Balaban J connectivity index is 1.34. The molecular weight excluding hydrogens is 428 g/mol. The fourth-order valence-electron chi connectivity index (χ4n) is 3.31. The highest BCUT2D eigenvalue weighted by molar-refractivity contribution is 7.92. The number of para-hydroxylation sites is 1. The van der Waals surface area contributed by atoms with E-state index in [1.54, 1.807) is 66.7 Å². The van der Waals surface area contributed by atoms with Gasteiger partial charge in [0, 0.05) is 23.5 Å². The van der Waals surface area contributed by atoms with Gasteiger partial charge in [-0.3, -0.25) is 9.52 Å². The average Bonchev–Trinajstić information content (AvgIpc) is 3.32. The molecule has 1 fully saturated rings. The van der Waals surface area contributed by atoms with E-state index in [9.17, 15) is 13.2 Å². The Morgan fingerprint density at radius 3 is 2.31 bits per heavy atom. The fraction of sp³-hybridized carbons (Fsp3) is 0.208. The van der Waals surface area contributed by atoms with Crippen LogP contribution in [0.15, 0.2) is 83.8 Å². The number of nitrogens with one attached hydrogen (secondary N) is 2. The van der Waals surface area contributed by atoms with Crippen LogP contribution in [0.3, 0.4) is 0 Å². The van der Waals surface area contributed by atoms with E-state index in [1.165, 1.54) is 12.1 Å². The third-order valence-electron chi connectivity index (χ3n) is 5.02. The predicted octanol–water partition coefficient (Wildman–Crippen LogP) is 4.30. The summed E-state index contributed by atoms with van der Waals surface area (Å²) in [5.41, 5.74) is 1.44. The number of amides is 1. The molecule has 2 N–H and O–H groups in total. The fourth-order valence-corrected chi connectivity index (χ4v) is 4.37. The van der Waals surface area contributed by atoms with Crippen LogP contribution < -0.4 is 14.8 Å². The molecule has 1 saturated heterocycles. The molecule has 1 amide bonds. The highest BCUT2D eigenvalue weighted by Gasteiger charge is 2.17. The van der Waals surface area contributed by atoms with E-state index in [1.807, 2.05) is 0 Å². The van der Waals surface area contributed by atoms with Crippen LogP contribution >= 0.6 is 0 Å². The number of sulfonamides is 1. The van der Waals surface area contributed by atoms with Crippen molar-refractivity contribution in [2.45, 2.75) is 23.8 Å². The minimum Gasteiger partial charge on any atom is -0.491 e. The van der Waals surface area contributed by atoms with Crippen LogP contribution in [-0.4, -0.2) is 33.6 Å². The first-order chi connectivity index (χ1) is 15.5. The number of rotatable bonds is 8. The first-order valence-electron chi connectivity index (χ1n) is 10.3. The maximum absolute atomic E-state index is 12.5. The summed E-state index contributed by atoms with van der Waals surface area (Å²) in [4.78, 5) is 12.6. The van der Waals surface area contributed by atoms with E-state index >= 15 is 0 Å². The summed E-state index contributed by atoms with van der Waals surface area (Å²) >= 11 is 0. The van der Waals surface area contributed by atoms with Crippen molar-refractivity contribution < 1.29 is 22.7 Å². The van der Waals surface area contributed by atoms with Gasteiger partial charge in [0.15, 0.2) is 0 Å². The van der Waals surface area contributed by atoms with Crippen LogP contribution in [-0.2, 0) is 14.8 Å². The molecule has 3 aromatic rings. The van der Waals surface area contributed by atoms with Crippen LogP contribution in [0.5, 0.6) is 5.75 Å². The minimum absolute atomic E-state index is 0.104. The zero-order valence-corrected chi connectivity index (χ0v) is 18.2. The number of ether oxygens (including phenoxy) is 2. The Hall–Kier alpha value is -3.36. The van der Waals surface area contributed by atoms with Gasteiger partial charge in [-0.15, -0.1) is 0 Å². The topological polar surface area (TPSA) is 93.7 Å². The van der Waals surface area contributed by atoms with Gasteiger partial charge in [0.25, 0.3) is 15.9 Å². The van der Waals surface area contributed by atoms with Gasteiger partial charge in [0.05, 0.1) is 11.0 Å². The summed E-state index contributed by atoms with van der Waals surface area (Å²) in [6.07, 6.45) is 2.19. The minimum atomic E-state index is -3.71. The molecular formula is C24H24N2O5S. The molecule has 32 heavy (non-hydrogen) atoms. The standard InChI is InChI=1S/C24H24N2O5S/c27-24(18-8-12-21(13-9-18)31-17-22-7-4-16-30-22)25-19-10-14-23(15-11-19)32(28,29)26-20-5-2-1-3-6-20/h1-3,5-6,8-15,22,26H,4,7,16-17H2,(H,25,27). The lowest BCUT2D eigenvalue weighted by Crippen LogP contribution is -2.16. The van der Waals surface area contributed by atoms with Gasteiger partial charge in [-0.05, 0) is 73.5 Å². The molecule has 8 heteroatoms. The zero-order valence-electron chi connectivity index (χ0n) is 17.4. The maximum atomic E-state index is 12.5. The monoisotopic (exact) mass is 452 g/mol. The van der Waals surface area contributed by atoms with Crippen molar-refractivity contribution in [1.29, 1.82) is 0 Å². The molecule has 0 aromatic heterocycles. The molecule has 4 rings (SSSR count). The van der Waals surface area contributed by atoms with Gasteiger partial charge in [-0.25, -0.2) is 8.42 Å². The Bertz CT molecular complexity index is 1140. The van der Waals surface area contributed by atoms with E-state index in [0.717, 1.165) is 19.4 Å². The number of carbonyl (C=O) groups is 1. The normalized spacial score (nSPS) is 15.8.